The lowest BCUT2D eigenvalue weighted by atomic mass is 9.90. The maximum absolute atomic E-state index is 11.4. The van der Waals surface area contributed by atoms with E-state index in [-0.39, 0.29) is 13.2 Å². The fraction of sp³-hybridized carbons (Fsp3) is 0.345. The number of hydrogen-bond acceptors (Lipinski definition) is 7. The standard InChI is InChI=1S/C29H32ClNO7/c1-2-37-22-9-6-17(7-10-22)12-21-14-19(8-11-23(21)30)28-27(34)26(33)25(32)24(38-28)16-36-15-18-4-3-5-20(13-18)29(31)35/h3-11,13-14,24-28,32-34H,2,12,15-16H2,1H3,(H2,31,35). The number of carbonyl (C=O) groups excluding carboxylic acids is 1. The molecule has 3 aromatic carbocycles. The summed E-state index contributed by atoms with van der Waals surface area (Å²) in [5.74, 6) is 0.249. The molecule has 1 aliphatic heterocycles. The number of rotatable bonds is 10. The third-order valence-corrected chi connectivity index (χ3v) is 6.87. The maximum Gasteiger partial charge on any atom is 0.248 e. The Hall–Kier alpha value is -2.98. The van der Waals surface area contributed by atoms with Crippen LogP contribution in [0, 0.1) is 0 Å². The average Bonchev–Trinajstić information content (AvgIpc) is 2.91. The van der Waals surface area contributed by atoms with Crippen molar-refractivity contribution < 1.29 is 34.3 Å². The largest absolute Gasteiger partial charge is 0.494 e. The van der Waals surface area contributed by atoms with E-state index < -0.39 is 36.4 Å². The lowest BCUT2D eigenvalue weighted by Crippen LogP contribution is -2.55. The summed E-state index contributed by atoms with van der Waals surface area (Å²) >= 11 is 6.47. The summed E-state index contributed by atoms with van der Waals surface area (Å²) < 4.78 is 17.3. The van der Waals surface area contributed by atoms with E-state index in [4.69, 9.17) is 31.5 Å². The van der Waals surface area contributed by atoms with Gasteiger partial charge in [-0.05, 0) is 65.9 Å². The highest BCUT2D eigenvalue weighted by molar-refractivity contribution is 6.31. The highest BCUT2D eigenvalue weighted by Crippen LogP contribution is 2.35. The van der Waals surface area contributed by atoms with Crippen LogP contribution in [-0.4, -0.2) is 58.9 Å². The van der Waals surface area contributed by atoms with Crippen LogP contribution in [0.2, 0.25) is 5.02 Å². The fourth-order valence-electron chi connectivity index (χ4n) is 4.47. The molecule has 0 aromatic heterocycles. The molecule has 0 radical (unpaired) electrons. The summed E-state index contributed by atoms with van der Waals surface area (Å²) in [6.07, 6.45) is -5.41. The summed E-state index contributed by atoms with van der Waals surface area (Å²) in [4.78, 5) is 11.4. The van der Waals surface area contributed by atoms with Crippen molar-refractivity contribution in [2.75, 3.05) is 13.2 Å². The Labute approximate surface area is 226 Å². The maximum atomic E-state index is 11.4. The minimum Gasteiger partial charge on any atom is -0.494 e. The molecule has 1 heterocycles. The molecular weight excluding hydrogens is 510 g/mol. The van der Waals surface area contributed by atoms with E-state index in [1.807, 2.05) is 37.3 Å². The number of hydrogen-bond donors (Lipinski definition) is 4. The fourth-order valence-corrected chi connectivity index (χ4v) is 4.65. The molecule has 1 fully saturated rings. The molecule has 0 saturated carbocycles. The monoisotopic (exact) mass is 541 g/mol. The van der Waals surface area contributed by atoms with Gasteiger partial charge in [0.05, 0.1) is 19.8 Å². The Morgan fingerprint density at radius 3 is 2.45 bits per heavy atom. The minimum absolute atomic E-state index is 0.0468. The summed E-state index contributed by atoms with van der Waals surface area (Å²) in [5, 5.41) is 32.4. The number of carbonyl (C=O) groups is 1. The number of primary amides is 1. The van der Waals surface area contributed by atoms with E-state index >= 15 is 0 Å². The predicted octanol–water partition coefficient (Wildman–Crippen LogP) is 3.17. The molecule has 3 aromatic rings. The third kappa shape index (κ3) is 6.71. The minimum atomic E-state index is -1.44. The summed E-state index contributed by atoms with van der Waals surface area (Å²) in [6.45, 7) is 2.61. The first-order valence-corrected chi connectivity index (χ1v) is 12.8. The van der Waals surface area contributed by atoms with Crippen molar-refractivity contribution in [2.24, 2.45) is 5.73 Å². The van der Waals surface area contributed by atoms with Gasteiger partial charge in [-0.25, -0.2) is 0 Å². The Balaban J connectivity index is 1.45. The molecule has 0 bridgehead atoms. The van der Waals surface area contributed by atoms with Crippen molar-refractivity contribution in [1.82, 2.24) is 0 Å². The van der Waals surface area contributed by atoms with Crippen molar-refractivity contribution in [3.8, 4) is 5.75 Å². The second-order valence-electron chi connectivity index (χ2n) is 9.25. The molecule has 202 valence electrons. The summed E-state index contributed by atoms with van der Waals surface area (Å²) in [6, 6.07) is 19.7. The van der Waals surface area contributed by atoms with Gasteiger partial charge >= 0.3 is 0 Å². The van der Waals surface area contributed by atoms with E-state index in [1.165, 1.54) is 0 Å². The van der Waals surface area contributed by atoms with Crippen LogP contribution >= 0.6 is 11.6 Å². The van der Waals surface area contributed by atoms with E-state index in [0.717, 1.165) is 22.4 Å². The van der Waals surface area contributed by atoms with Gasteiger partial charge in [0.25, 0.3) is 0 Å². The van der Waals surface area contributed by atoms with Crippen LogP contribution < -0.4 is 10.5 Å². The summed E-state index contributed by atoms with van der Waals surface area (Å²) in [7, 11) is 0. The molecule has 0 aliphatic carbocycles. The molecular formula is C29H32ClNO7. The number of aliphatic hydroxyl groups is 3. The molecule has 5 unspecified atom stereocenters. The van der Waals surface area contributed by atoms with Crippen molar-refractivity contribution in [2.45, 2.75) is 50.5 Å². The smallest absolute Gasteiger partial charge is 0.248 e. The third-order valence-electron chi connectivity index (χ3n) is 6.50. The highest BCUT2D eigenvalue weighted by atomic mass is 35.5. The van der Waals surface area contributed by atoms with Gasteiger partial charge in [-0.1, -0.05) is 48.0 Å². The van der Waals surface area contributed by atoms with Gasteiger partial charge in [0, 0.05) is 10.6 Å². The topological polar surface area (TPSA) is 131 Å². The molecule has 1 aliphatic rings. The van der Waals surface area contributed by atoms with E-state index in [9.17, 15) is 20.1 Å². The van der Waals surface area contributed by atoms with Crippen molar-refractivity contribution >= 4 is 17.5 Å². The normalized spacial score (nSPS) is 23.2. The second-order valence-corrected chi connectivity index (χ2v) is 9.66. The van der Waals surface area contributed by atoms with Gasteiger partial charge in [-0.2, -0.15) is 0 Å². The number of nitrogens with two attached hydrogens (primary N) is 1. The van der Waals surface area contributed by atoms with Gasteiger partial charge < -0.3 is 35.3 Å². The predicted molar refractivity (Wildman–Crippen MR) is 142 cm³/mol. The molecule has 4 rings (SSSR count). The molecule has 0 spiro atoms. The summed E-state index contributed by atoms with van der Waals surface area (Å²) in [5.41, 5.74) is 8.89. The average molecular weight is 542 g/mol. The first kappa shape index (κ1) is 28.0. The highest BCUT2D eigenvalue weighted by Gasteiger charge is 2.44. The Bertz CT molecular complexity index is 1240. The number of halogens is 1. The quantitative estimate of drug-likeness (QED) is 0.310. The van der Waals surface area contributed by atoms with Gasteiger partial charge in [0.1, 0.15) is 36.3 Å². The first-order valence-electron chi connectivity index (χ1n) is 12.4. The van der Waals surface area contributed by atoms with Crippen LogP contribution in [0.3, 0.4) is 0 Å². The number of ether oxygens (including phenoxy) is 3. The second kappa shape index (κ2) is 12.7. The van der Waals surface area contributed by atoms with Gasteiger partial charge in [0.2, 0.25) is 5.91 Å². The zero-order valence-electron chi connectivity index (χ0n) is 21.0. The lowest BCUT2D eigenvalue weighted by Gasteiger charge is -2.41. The van der Waals surface area contributed by atoms with E-state index in [0.29, 0.717) is 29.2 Å². The lowest BCUT2D eigenvalue weighted by molar-refractivity contribution is -0.235. The SMILES string of the molecule is CCOc1ccc(Cc2cc(C3OC(COCc4cccc(C(N)=O)c4)C(O)C(O)C3O)ccc2Cl)cc1. The molecule has 8 nitrogen and oxygen atoms in total. The number of amides is 1. The van der Waals surface area contributed by atoms with Crippen LogP contribution in [0.5, 0.6) is 5.75 Å². The zero-order chi connectivity index (χ0) is 27.2. The van der Waals surface area contributed by atoms with Crippen LogP contribution in [0.25, 0.3) is 0 Å². The Kier molecular flexibility index (Phi) is 9.38. The van der Waals surface area contributed by atoms with Crippen LogP contribution in [0.1, 0.15) is 45.6 Å². The number of benzene rings is 3. The Morgan fingerprint density at radius 2 is 1.74 bits per heavy atom. The van der Waals surface area contributed by atoms with Crippen molar-refractivity contribution in [3.05, 3.63) is 99.6 Å². The van der Waals surface area contributed by atoms with E-state index in [2.05, 4.69) is 0 Å². The van der Waals surface area contributed by atoms with Crippen LogP contribution in [-0.2, 0) is 22.5 Å². The van der Waals surface area contributed by atoms with Gasteiger partial charge in [-0.3, -0.25) is 4.79 Å². The molecule has 5 atom stereocenters. The molecule has 1 amide bonds. The molecule has 1 saturated heterocycles. The van der Waals surface area contributed by atoms with Crippen molar-refractivity contribution in [1.29, 1.82) is 0 Å². The number of aliphatic hydroxyl groups excluding tert-OH is 3. The molecule has 9 heteroatoms. The van der Waals surface area contributed by atoms with Crippen LogP contribution in [0.15, 0.2) is 66.7 Å². The van der Waals surface area contributed by atoms with Gasteiger partial charge in [-0.15, -0.1) is 0 Å². The zero-order valence-corrected chi connectivity index (χ0v) is 21.8. The molecule has 38 heavy (non-hydrogen) atoms. The van der Waals surface area contributed by atoms with Gasteiger partial charge in [0.15, 0.2) is 0 Å². The van der Waals surface area contributed by atoms with Crippen LogP contribution in [0.4, 0.5) is 0 Å². The van der Waals surface area contributed by atoms with Crippen molar-refractivity contribution in [3.63, 3.8) is 0 Å². The molecule has 5 N–H and O–H groups in total. The first-order chi connectivity index (χ1) is 18.3. The van der Waals surface area contributed by atoms with E-state index in [1.54, 1.807) is 36.4 Å². The Morgan fingerprint density at radius 1 is 0.974 bits per heavy atom.